The highest BCUT2D eigenvalue weighted by molar-refractivity contribution is 5.75. The number of carbonyl (C=O) groups is 2. The fourth-order valence-corrected chi connectivity index (χ4v) is 5.52. The maximum atomic E-state index is 11.7. The van der Waals surface area contributed by atoms with Crippen molar-refractivity contribution < 1.29 is 19.4 Å². The maximum absolute atomic E-state index is 11.7. The van der Waals surface area contributed by atoms with Crippen LogP contribution in [0.25, 0.3) is 5.69 Å². The molecule has 5 rings (SSSR count). The van der Waals surface area contributed by atoms with E-state index < -0.39 is 0 Å². The van der Waals surface area contributed by atoms with Crippen LogP contribution in [0.15, 0.2) is 42.6 Å². The molecule has 1 aromatic heterocycles. The van der Waals surface area contributed by atoms with E-state index in [2.05, 4.69) is 33.5 Å². The van der Waals surface area contributed by atoms with Crippen molar-refractivity contribution in [1.82, 2.24) is 20.0 Å². The van der Waals surface area contributed by atoms with E-state index in [1.54, 1.807) is 0 Å². The van der Waals surface area contributed by atoms with Crippen LogP contribution in [-0.4, -0.2) is 63.5 Å². The average Bonchev–Trinajstić information content (AvgIpc) is 3.54. The van der Waals surface area contributed by atoms with Crippen LogP contribution in [0.3, 0.4) is 0 Å². The van der Waals surface area contributed by atoms with Gasteiger partial charge in [0, 0.05) is 50.6 Å². The summed E-state index contributed by atoms with van der Waals surface area (Å²) in [7, 11) is 0. The van der Waals surface area contributed by atoms with Crippen LogP contribution in [0.5, 0.6) is 0 Å². The summed E-state index contributed by atoms with van der Waals surface area (Å²) >= 11 is 0. The number of hydrogen-bond donors (Lipinski definition) is 2. The smallest absolute Gasteiger partial charge is 0.290 e. The molecule has 2 bridgehead atoms. The maximum Gasteiger partial charge on any atom is 0.290 e. The second kappa shape index (κ2) is 9.20. The van der Waals surface area contributed by atoms with Gasteiger partial charge in [-0.3, -0.25) is 14.5 Å². The highest BCUT2D eigenvalue weighted by Gasteiger charge is 2.62. The molecular weight excluding hydrogens is 396 g/mol. The second-order valence-corrected chi connectivity index (χ2v) is 8.53. The number of amides is 1. The average molecular weight is 427 g/mol. The van der Waals surface area contributed by atoms with Crippen LogP contribution < -0.4 is 5.32 Å². The Balaban J connectivity index is 0.000000730. The summed E-state index contributed by atoms with van der Waals surface area (Å²) in [6.07, 6.45) is 5.01. The minimum Gasteiger partial charge on any atom is -0.483 e. The van der Waals surface area contributed by atoms with Crippen molar-refractivity contribution >= 4 is 12.4 Å². The van der Waals surface area contributed by atoms with E-state index >= 15 is 0 Å². The Morgan fingerprint density at radius 3 is 2.87 bits per heavy atom. The molecule has 4 atom stereocenters. The Morgan fingerprint density at radius 2 is 2.13 bits per heavy atom. The Kier molecular flexibility index (Phi) is 6.38. The van der Waals surface area contributed by atoms with Gasteiger partial charge >= 0.3 is 0 Å². The zero-order chi connectivity index (χ0) is 21.8. The van der Waals surface area contributed by atoms with Gasteiger partial charge in [-0.05, 0) is 31.0 Å². The summed E-state index contributed by atoms with van der Waals surface area (Å²) in [5.74, 6) is 1.09. The van der Waals surface area contributed by atoms with Gasteiger partial charge in [-0.25, -0.2) is 4.68 Å². The summed E-state index contributed by atoms with van der Waals surface area (Å²) in [5.41, 5.74) is 2.29. The molecule has 3 fully saturated rings. The van der Waals surface area contributed by atoms with Crippen molar-refractivity contribution in [3.63, 3.8) is 0 Å². The molecule has 1 spiro atoms. The molecule has 3 aliphatic rings. The first-order valence-electron chi connectivity index (χ1n) is 10.9. The van der Waals surface area contributed by atoms with E-state index in [1.807, 2.05) is 36.0 Å². The molecule has 2 N–H and O–H groups in total. The number of carboxylic acid groups (broad SMARTS) is 1. The van der Waals surface area contributed by atoms with Gasteiger partial charge < -0.3 is 15.2 Å². The lowest BCUT2D eigenvalue weighted by Gasteiger charge is -2.29. The van der Waals surface area contributed by atoms with Crippen molar-refractivity contribution in [2.24, 2.45) is 11.8 Å². The summed E-state index contributed by atoms with van der Waals surface area (Å²) in [4.78, 5) is 22.6. The topological polar surface area (TPSA) is 96.7 Å². The molecule has 166 valence electrons. The number of benzene rings is 1. The number of likely N-dealkylation sites (tertiary alicyclic amines) is 1. The van der Waals surface area contributed by atoms with Gasteiger partial charge in [0.25, 0.3) is 6.47 Å². The lowest BCUT2D eigenvalue weighted by Crippen LogP contribution is -2.41. The zero-order valence-corrected chi connectivity index (χ0v) is 17.8. The molecule has 4 heterocycles. The van der Waals surface area contributed by atoms with Crippen molar-refractivity contribution in [2.75, 3.05) is 19.6 Å². The van der Waals surface area contributed by atoms with E-state index in [-0.39, 0.29) is 18.0 Å². The molecular formula is C23H30N4O4. The van der Waals surface area contributed by atoms with Gasteiger partial charge in [0.15, 0.2) is 0 Å². The normalized spacial score (nSPS) is 28.6. The molecule has 1 aromatic carbocycles. The minimum absolute atomic E-state index is 0.0100. The van der Waals surface area contributed by atoms with E-state index in [9.17, 15) is 4.79 Å². The van der Waals surface area contributed by atoms with E-state index in [1.165, 1.54) is 5.69 Å². The van der Waals surface area contributed by atoms with E-state index in [0.717, 1.165) is 44.7 Å². The molecule has 3 aliphatic heterocycles. The molecule has 8 nitrogen and oxygen atoms in total. The van der Waals surface area contributed by atoms with Crippen LogP contribution in [0.2, 0.25) is 0 Å². The fourth-order valence-electron chi connectivity index (χ4n) is 5.52. The van der Waals surface area contributed by atoms with Crippen LogP contribution in [0.1, 0.15) is 31.9 Å². The number of ether oxygens (including phenoxy) is 1. The first-order valence-corrected chi connectivity index (χ1v) is 10.9. The van der Waals surface area contributed by atoms with Crippen LogP contribution in [0, 0.1) is 11.8 Å². The van der Waals surface area contributed by atoms with Gasteiger partial charge in [-0.2, -0.15) is 5.10 Å². The Labute approximate surface area is 182 Å². The number of hydrogen-bond acceptors (Lipinski definition) is 5. The third-order valence-electron chi connectivity index (χ3n) is 6.82. The lowest BCUT2D eigenvalue weighted by atomic mass is 9.73. The largest absolute Gasteiger partial charge is 0.483 e. The number of nitrogens with zero attached hydrogens (tertiary/aromatic N) is 3. The highest BCUT2D eigenvalue weighted by Crippen LogP contribution is 2.54. The molecule has 2 aromatic rings. The number of nitrogens with one attached hydrogen (secondary N) is 1. The molecule has 0 saturated carbocycles. The van der Waals surface area contributed by atoms with Crippen LogP contribution >= 0.6 is 0 Å². The Bertz CT molecular complexity index is 902. The van der Waals surface area contributed by atoms with Gasteiger partial charge in [-0.15, -0.1) is 0 Å². The zero-order valence-electron chi connectivity index (χ0n) is 17.8. The molecule has 0 radical (unpaired) electrons. The van der Waals surface area contributed by atoms with Crippen molar-refractivity contribution in [1.29, 1.82) is 0 Å². The van der Waals surface area contributed by atoms with E-state index in [0.29, 0.717) is 24.4 Å². The number of rotatable bonds is 6. The minimum atomic E-state index is -0.250. The van der Waals surface area contributed by atoms with Gasteiger partial charge in [-0.1, -0.05) is 25.1 Å². The quantitative estimate of drug-likeness (QED) is 0.687. The molecule has 0 unspecified atom stereocenters. The first kappa shape index (κ1) is 21.5. The van der Waals surface area contributed by atoms with E-state index in [4.69, 9.17) is 14.6 Å². The number of carbonyl (C=O) groups excluding carboxylic acids is 1. The van der Waals surface area contributed by atoms with Crippen LogP contribution in [-0.2, 0) is 20.9 Å². The van der Waals surface area contributed by atoms with Gasteiger partial charge in [0.2, 0.25) is 5.91 Å². The highest BCUT2D eigenvalue weighted by atomic mass is 16.5. The predicted molar refractivity (Wildman–Crippen MR) is 115 cm³/mol. The standard InChI is InChI=1S/C22H28N4O2.CH2O2/c1-2-21(27)23-12-18-19-14-25(15-22(19)10-8-20(18)28-22)13-17-9-11-24-26(17)16-6-4-3-5-7-16;2-1-3/h3-7,9,11,18-20H,2,8,10,12-15H2,1H3,(H,23,27);1H,(H,2,3)/t18-,19+,20+,22+;/m0./s1. The summed E-state index contributed by atoms with van der Waals surface area (Å²) < 4.78 is 8.54. The van der Waals surface area contributed by atoms with Gasteiger partial charge in [0.05, 0.1) is 23.1 Å². The van der Waals surface area contributed by atoms with Gasteiger partial charge in [0.1, 0.15) is 0 Å². The monoisotopic (exact) mass is 426 g/mol. The number of fused-ring (bicyclic) bond motifs is 1. The molecule has 1 amide bonds. The SMILES string of the molecule is CCC(=O)NC[C@H]1[C@H]2CN(Cc3ccnn3-c3ccccc3)C[C@]23CC[C@H]1O3.O=CO. The Morgan fingerprint density at radius 1 is 1.35 bits per heavy atom. The number of para-hydroxylation sites is 1. The molecule has 8 heteroatoms. The fraction of sp³-hybridized carbons (Fsp3) is 0.522. The summed E-state index contributed by atoms with van der Waals surface area (Å²) in [5, 5.41) is 14.5. The van der Waals surface area contributed by atoms with Crippen molar-refractivity contribution in [3.8, 4) is 5.69 Å². The summed E-state index contributed by atoms with van der Waals surface area (Å²) in [6, 6.07) is 12.4. The number of aromatic nitrogens is 2. The Hall–Kier alpha value is -2.71. The summed E-state index contributed by atoms with van der Waals surface area (Å²) in [6.45, 7) is 5.28. The second-order valence-electron chi connectivity index (χ2n) is 8.53. The van der Waals surface area contributed by atoms with Crippen molar-refractivity contribution in [2.45, 2.75) is 44.4 Å². The van der Waals surface area contributed by atoms with Crippen molar-refractivity contribution in [3.05, 3.63) is 48.3 Å². The molecule has 31 heavy (non-hydrogen) atoms. The third kappa shape index (κ3) is 4.22. The molecule has 0 aliphatic carbocycles. The predicted octanol–water partition coefficient (Wildman–Crippen LogP) is 2.08. The lowest BCUT2D eigenvalue weighted by molar-refractivity contribution is -0.123. The first-order chi connectivity index (χ1) is 15.1. The van der Waals surface area contributed by atoms with Crippen LogP contribution in [0.4, 0.5) is 0 Å². The third-order valence-corrected chi connectivity index (χ3v) is 6.82. The molecule has 3 saturated heterocycles.